The summed E-state index contributed by atoms with van der Waals surface area (Å²) in [5.41, 5.74) is 3.54. The third kappa shape index (κ3) is 3.28. The minimum Gasteiger partial charge on any atom is -0.312 e. The van der Waals surface area contributed by atoms with Crippen LogP contribution in [0.4, 0.5) is 5.69 Å². The summed E-state index contributed by atoms with van der Waals surface area (Å²) < 4.78 is 3.03. The lowest BCUT2D eigenvalue weighted by Gasteiger charge is -2.23. The number of rotatable bonds is 3. The first-order valence-corrected chi connectivity index (χ1v) is 8.27. The topological polar surface area (TPSA) is 38.1 Å². The third-order valence-corrected chi connectivity index (χ3v) is 4.52. The molecule has 0 N–H and O–H groups in total. The summed E-state index contributed by atoms with van der Waals surface area (Å²) >= 11 is 2.33. The third-order valence-electron chi connectivity index (χ3n) is 3.85. The summed E-state index contributed by atoms with van der Waals surface area (Å²) in [5, 5.41) is 4.19. The van der Waals surface area contributed by atoms with Crippen molar-refractivity contribution in [2.75, 3.05) is 11.4 Å². The molecule has 0 bridgehead atoms. The van der Waals surface area contributed by atoms with Crippen molar-refractivity contribution in [3.05, 3.63) is 45.3 Å². The highest BCUT2D eigenvalue weighted by molar-refractivity contribution is 14.1. The average molecular weight is 395 g/mol. The molecule has 4 nitrogen and oxygen atoms in total. The Bertz CT molecular complexity index is 665. The first-order valence-electron chi connectivity index (χ1n) is 7.20. The minimum absolute atomic E-state index is 0.235. The van der Waals surface area contributed by atoms with Crippen LogP contribution in [0.2, 0.25) is 0 Å². The SMILES string of the molecule is Cn1cc(CCN2C(=O)CCCc3cc(I)ccc32)cn1. The van der Waals surface area contributed by atoms with Crippen LogP contribution in [0.3, 0.4) is 0 Å². The quantitative estimate of drug-likeness (QED) is 0.750. The molecule has 0 unspecified atom stereocenters. The fourth-order valence-corrected chi connectivity index (χ4v) is 3.36. The number of benzene rings is 1. The highest BCUT2D eigenvalue weighted by Crippen LogP contribution is 2.28. The molecule has 0 fully saturated rings. The smallest absolute Gasteiger partial charge is 0.227 e. The van der Waals surface area contributed by atoms with E-state index in [-0.39, 0.29) is 5.91 Å². The number of nitrogens with zero attached hydrogens (tertiary/aromatic N) is 3. The van der Waals surface area contributed by atoms with Gasteiger partial charge in [0.05, 0.1) is 6.20 Å². The van der Waals surface area contributed by atoms with Crippen LogP contribution in [0.15, 0.2) is 30.6 Å². The minimum atomic E-state index is 0.235. The van der Waals surface area contributed by atoms with E-state index in [4.69, 9.17) is 0 Å². The van der Waals surface area contributed by atoms with Crippen molar-refractivity contribution in [2.45, 2.75) is 25.7 Å². The van der Waals surface area contributed by atoms with Crippen LogP contribution in [-0.4, -0.2) is 22.2 Å². The molecule has 1 aromatic carbocycles. The van der Waals surface area contributed by atoms with Gasteiger partial charge < -0.3 is 4.90 Å². The lowest BCUT2D eigenvalue weighted by atomic mass is 10.1. The van der Waals surface area contributed by atoms with Crippen molar-refractivity contribution >= 4 is 34.2 Å². The standard InChI is InChI=1S/C16H18IN3O/c1-19-11-12(10-18-19)7-8-20-15-6-5-14(17)9-13(15)3-2-4-16(20)21/h5-6,9-11H,2-4,7-8H2,1H3. The number of hydrogen-bond donors (Lipinski definition) is 0. The second kappa shape index (κ2) is 6.17. The first-order chi connectivity index (χ1) is 10.1. The molecule has 21 heavy (non-hydrogen) atoms. The Morgan fingerprint density at radius 2 is 2.19 bits per heavy atom. The number of halogens is 1. The van der Waals surface area contributed by atoms with Gasteiger partial charge in [0.1, 0.15) is 0 Å². The van der Waals surface area contributed by atoms with E-state index in [9.17, 15) is 4.79 Å². The second-order valence-electron chi connectivity index (χ2n) is 5.44. The van der Waals surface area contributed by atoms with Gasteiger partial charge in [-0.3, -0.25) is 9.48 Å². The van der Waals surface area contributed by atoms with E-state index in [0.29, 0.717) is 6.42 Å². The van der Waals surface area contributed by atoms with Crippen LogP contribution in [0.25, 0.3) is 0 Å². The van der Waals surface area contributed by atoms with Crippen molar-refractivity contribution in [1.29, 1.82) is 0 Å². The van der Waals surface area contributed by atoms with Crippen LogP contribution < -0.4 is 4.90 Å². The van der Waals surface area contributed by atoms with Crippen LogP contribution in [0.5, 0.6) is 0 Å². The molecule has 0 aliphatic carbocycles. The first kappa shape index (κ1) is 14.6. The van der Waals surface area contributed by atoms with Crippen molar-refractivity contribution in [3.8, 4) is 0 Å². The number of amides is 1. The van der Waals surface area contributed by atoms with Gasteiger partial charge in [-0.05, 0) is 71.2 Å². The molecule has 5 heteroatoms. The molecule has 3 rings (SSSR count). The molecule has 0 radical (unpaired) electrons. The molecule has 110 valence electrons. The maximum atomic E-state index is 12.4. The predicted molar refractivity (Wildman–Crippen MR) is 91.4 cm³/mol. The summed E-state index contributed by atoms with van der Waals surface area (Å²) in [5.74, 6) is 0.235. The van der Waals surface area contributed by atoms with Gasteiger partial charge >= 0.3 is 0 Å². The maximum absolute atomic E-state index is 12.4. The number of carbonyl (C=O) groups excluding carboxylic acids is 1. The lowest BCUT2D eigenvalue weighted by molar-refractivity contribution is -0.118. The van der Waals surface area contributed by atoms with E-state index in [2.05, 4.69) is 45.9 Å². The number of hydrogen-bond acceptors (Lipinski definition) is 2. The summed E-state index contributed by atoms with van der Waals surface area (Å²) in [4.78, 5) is 14.3. The van der Waals surface area contributed by atoms with E-state index in [1.807, 2.05) is 24.3 Å². The van der Waals surface area contributed by atoms with Gasteiger partial charge in [-0.1, -0.05) is 0 Å². The fourth-order valence-electron chi connectivity index (χ4n) is 2.80. The van der Waals surface area contributed by atoms with Gasteiger partial charge in [0, 0.05) is 35.5 Å². The van der Waals surface area contributed by atoms with Crippen LogP contribution in [0, 0.1) is 3.57 Å². The van der Waals surface area contributed by atoms with Crippen molar-refractivity contribution < 1.29 is 4.79 Å². The molecule has 0 saturated carbocycles. The Morgan fingerprint density at radius 3 is 2.95 bits per heavy atom. The molecule has 2 heterocycles. The number of anilines is 1. The molecule has 0 atom stereocenters. The normalized spacial score (nSPS) is 15.0. The predicted octanol–water partition coefficient (Wildman–Crippen LogP) is 2.94. The molecule has 1 aliphatic rings. The van der Waals surface area contributed by atoms with Gasteiger partial charge in [0.2, 0.25) is 5.91 Å². The lowest BCUT2D eigenvalue weighted by Crippen LogP contribution is -2.32. The number of fused-ring (bicyclic) bond motifs is 1. The van der Waals surface area contributed by atoms with Gasteiger partial charge in [-0.15, -0.1) is 0 Å². The molecular weight excluding hydrogens is 377 g/mol. The molecule has 1 aliphatic heterocycles. The second-order valence-corrected chi connectivity index (χ2v) is 6.69. The van der Waals surface area contributed by atoms with Gasteiger partial charge in [-0.25, -0.2) is 0 Å². The summed E-state index contributed by atoms with van der Waals surface area (Å²) in [6.07, 6.45) is 7.29. The fraction of sp³-hybridized carbons (Fsp3) is 0.375. The molecule has 2 aromatic rings. The molecule has 0 saturated heterocycles. The Kier molecular flexibility index (Phi) is 4.28. The zero-order chi connectivity index (χ0) is 14.8. The van der Waals surface area contributed by atoms with Crippen molar-refractivity contribution in [2.24, 2.45) is 7.05 Å². The number of aromatic nitrogens is 2. The monoisotopic (exact) mass is 395 g/mol. The molecule has 1 aromatic heterocycles. The highest BCUT2D eigenvalue weighted by Gasteiger charge is 2.22. The average Bonchev–Trinajstić information content (AvgIpc) is 2.79. The largest absolute Gasteiger partial charge is 0.312 e. The summed E-state index contributed by atoms with van der Waals surface area (Å²) in [6, 6.07) is 6.37. The van der Waals surface area contributed by atoms with Crippen molar-refractivity contribution in [3.63, 3.8) is 0 Å². The zero-order valence-electron chi connectivity index (χ0n) is 12.1. The van der Waals surface area contributed by atoms with Gasteiger partial charge in [-0.2, -0.15) is 5.10 Å². The Morgan fingerprint density at radius 1 is 1.33 bits per heavy atom. The van der Waals surface area contributed by atoms with E-state index in [1.54, 1.807) is 4.68 Å². The number of aryl methyl sites for hydroxylation is 2. The van der Waals surface area contributed by atoms with E-state index in [1.165, 1.54) is 14.7 Å². The summed E-state index contributed by atoms with van der Waals surface area (Å²) in [7, 11) is 1.91. The number of carbonyl (C=O) groups is 1. The van der Waals surface area contributed by atoms with Crippen LogP contribution in [0.1, 0.15) is 24.0 Å². The van der Waals surface area contributed by atoms with Crippen LogP contribution in [-0.2, 0) is 24.7 Å². The van der Waals surface area contributed by atoms with E-state index >= 15 is 0 Å². The molecule has 1 amide bonds. The van der Waals surface area contributed by atoms with E-state index < -0.39 is 0 Å². The Balaban J connectivity index is 1.83. The molecular formula is C16H18IN3O. The zero-order valence-corrected chi connectivity index (χ0v) is 14.2. The van der Waals surface area contributed by atoms with Crippen LogP contribution >= 0.6 is 22.6 Å². The maximum Gasteiger partial charge on any atom is 0.227 e. The van der Waals surface area contributed by atoms with E-state index in [0.717, 1.165) is 31.5 Å². The molecule has 0 spiro atoms. The Hall–Kier alpha value is -1.37. The van der Waals surface area contributed by atoms with Crippen molar-refractivity contribution in [1.82, 2.24) is 9.78 Å². The Labute approximate surface area is 138 Å². The highest BCUT2D eigenvalue weighted by atomic mass is 127. The van der Waals surface area contributed by atoms with Gasteiger partial charge in [0.15, 0.2) is 0 Å². The summed E-state index contributed by atoms with van der Waals surface area (Å²) in [6.45, 7) is 0.720. The van der Waals surface area contributed by atoms with Gasteiger partial charge in [0.25, 0.3) is 0 Å².